The third-order valence-electron chi connectivity index (χ3n) is 20.1. The highest BCUT2D eigenvalue weighted by atomic mass is 32.1. The summed E-state index contributed by atoms with van der Waals surface area (Å²) in [6, 6.07) is 0. The third-order valence-corrected chi connectivity index (χ3v) is 21.3. The summed E-state index contributed by atoms with van der Waals surface area (Å²) in [5.74, 6) is 4.19. The Hall–Kier alpha value is -6.31. The number of piperazine rings is 2. The molecule has 0 bridgehead atoms. The number of rotatable bonds is 2. The fourth-order valence-corrected chi connectivity index (χ4v) is 11.9. The monoisotopic (exact) mass is 1860 g/mol. The lowest BCUT2D eigenvalue weighted by Gasteiger charge is -2.49. The van der Waals surface area contributed by atoms with Gasteiger partial charge in [0, 0.05) is 192 Å². The maximum absolute atomic E-state index is 11.8. The van der Waals surface area contributed by atoms with Crippen molar-refractivity contribution in [3.8, 4) is 0 Å². The van der Waals surface area contributed by atoms with Crippen molar-refractivity contribution >= 4 is 58.6 Å². The van der Waals surface area contributed by atoms with Crippen LogP contribution in [0, 0.1) is 65.5 Å². The molecule has 4 aliphatic heterocycles. The van der Waals surface area contributed by atoms with E-state index in [1.165, 1.54) is 11.4 Å². The minimum Gasteiger partial charge on any atom is -0.448 e. The number of nitrogens with one attached hydrogen (secondary N) is 4. The minimum absolute atomic E-state index is 0. The van der Waals surface area contributed by atoms with Gasteiger partial charge in [-0.15, -0.1) is 11.3 Å². The number of ether oxygens (including phenoxy) is 1. The number of amides is 8. The van der Waals surface area contributed by atoms with Crippen LogP contribution in [0.2, 0.25) is 0 Å². The van der Waals surface area contributed by atoms with Gasteiger partial charge in [0.05, 0.1) is 29.8 Å². The Morgan fingerprint density at radius 3 is 0.938 bits per heavy atom. The highest BCUT2D eigenvalue weighted by Crippen LogP contribution is 2.53. The van der Waals surface area contributed by atoms with Gasteiger partial charge in [-0.3, -0.25) is 38.4 Å². The molecule has 8 amide bonds. The van der Waals surface area contributed by atoms with E-state index in [-0.39, 0.29) is 177 Å². The van der Waals surface area contributed by atoms with Gasteiger partial charge in [-0.1, -0.05) is 343 Å². The van der Waals surface area contributed by atoms with Crippen LogP contribution in [0.25, 0.3) is 0 Å². The van der Waals surface area contributed by atoms with Crippen LogP contribution >= 0.6 is 11.3 Å². The molecule has 24 nitrogen and oxygen atoms in total. The number of nitrogens with zero attached hydrogens (tertiary/aromatic N) is 10. The summed E-state index contributed by atoms with van der Waals surface area (Å²) in [6.07, 6.45) is 12.0. The number of thiazole rings is 1. The van der Waals surface area contributed by atoms with Gasteiger partial charge in [0.15, 0.2) is 5.89 Å². The number of H-pyrrole nitrogens is 1. The number of carbonyl (C=O) groups is 8. The summed E-state index contributed by atoms with van der Waals surface area (Å²) < 4.78 is 10.3. The Morgan fingerprint density at radius 2 is 0.783 bits per heavy atom. The molecule has 4 saturated heterocycles. The Balaban J connectivity index is -0.000000116. The second kappa shape index (κ2) is 63.0. The first-order chi connectivity index (χ1) is 54.1. The Labute approximate surface area is 803 Å². The molecule has 0 radical (unpaired) electrons. The van der Waals surface area contributed by atoms with Crippen LogP contribution in [0.4, 0.5) is 0 Å². The van der Waals surface area contributed by atoms with Crippen LogP contribution in [0.3, 0.4) is 0 Å². The lowest BCUT2D eigenvalue weighted by Crippen LogP contribution is -2.52. The van der Waals surface area contributed by atoms with Gasteiger partial charge < -0.3 is 64.4 Å². The van der Waals surface area contributed by atoms with Gasteiger partial charge in [-0.05, 0) is 49.1 Å². The predicted molar refractivity (Wildman–Crippen MR) is 560 cm³/mol. The van der Waals surface area contributed by atoms with E-state index in [2.05, 4.69) is 198 Å². The molecule has 0 unspecified atom stereocenters. The normalized spacial score (nSPS) is 15.1. The van der Waals surface area contributed by atoms with Gasteiger partial charge in [0.2, 0.25) is 47.3 Å². The maximum Gasteiger partial charge on any atom is 0.228 e. The highest BCUT2D eigenvalue weighted by molar-refractivity contribution is 7.09. The zero-order valence-corrected chi connectivity index (χ0v) is 87.3. The molecule has 8 rings (SSSR count). The molecule has 7 heterocycles. The quantitative estimate of drug-likeness (QED) is 0.186. The first-order valence-electron chi connectivity index (χ1n) is 43.9. The van der Waals surface area contributed by atoms with Crippen LogP contribution in [-0.2, 0) is 59.3 Å². The molecule has 0 aromatic carbocycles. The predicted octanol–water partition coefficient (Wildman–Crippen LogP) is 22.9. The number of oxazole rings is 1. The average molecular weight is 1860 g/mol. The summed E-state index contributed by atoms with van der Waals surface area (Å²) in [4.78, 5) is 121. The molecule has 5 aliphatic rings. The first-order valence-corrected chi connectivity index (χ1v) is 44.8. The molecular weight excluding hydrogens is 1640 g/mol. The molecule has 1 saturated carbocycles. The number of hydrogen-bond acceptors (Lipinski definition) is 16. The molecule has 3 aromatic heterocycles. The topological polar surface area (TPSA) is 272 Å². The van der Waals surface area contributed by atoms with Crippen LogP contribution in [0.5, 0.6) is 0 Å². The number of carbonyl (C=O) groups excluding carboxylic acids is 8. The maximum atomic E-state index is 11.8. The summed E-state index contributed by atoms with van der Waals surface area (Å²) in [5, 5.41) is 11.2. The first kappa shape index (κ1) is 148. The van der Waals surface area contributed by atoms with Crippen LogP contribution in [-0.4, -0.2) is 243 Å². The summed E-state index contributed by atoms with van der Waals surface area (Å²) in [5.41, 5.74) is -0.718. The average Bonchev–Trinajstić information content (AvgIpc) is 1.09. The van der Waals surface area contributed by atoms with Crippen molar-refractivity contribution in [1.29, 1.82) is 0 Å². The van der Waals surface area contributed by atoms with Crippen molar-refractivity contribution in [2.24, 2.45) is 65.5 Å². The SMILES string of the molecule is C.C.C.C.C.C.C.C.CC(C)(C)C.CC(C)(C)C(=O)N1CCOCC1.CC(C)(C)c1ncc[nH]1.CC(C)(C)c1ncco1.CC(C)(C)c1nccs1.CC1CN(C(=O)C(C)(C)C)C1.CN(C)C(=O)C(C)(C)C.CN1CCN(C(=O)C(C)(C)C)CC1.CN1CCN(C(=O)C(C)(C)C)CC1.CNC(=O)C(C)(C)C.CNC(=O)C(C)(C)C(C)(C)C.CNC(=O)C1(C(C)(C)C)CCC1. The Morgan fingerprint density at radius 1 is 0.434 bits per heavy atom. The summed E-state index contributed by atoms with van der Waals surface area (Å²) in [6.45, 7) is 94.0. The number of likely N-dealkylation sites (tertiary alicyclic amines) is 1. The zero-order chi connectivity index (χ0) is 96.3. The van der Waals surface area contributed by atoms with Crippen molar-refractivity contribution in [3.05, 3.63) is 53.2 Å². The molecule has 25 heteroatoms. The lowest BCUT2D eigenvalue weighted by atomic mass is 9.54. The Kier molecular flexibility index (Phi) is 72.5. The van der Waals surface area contributed by atoms with E-state index in [4.69, 9.17) is 9.15 Å². The number of morpholine rings is 1. The van der Waals surface area contributed by atoms with Crippen molar-refractivity contribution in [1.82, 2.24) is 70.2 Å². The van der Waals surface area contributed by atoms with E-state index in [0.29, 0.717) is 24.5 Å². The fraction of sp³-hybridized carbons (Fsp3) is 0.837. The van der Waals surface area contributed by atoms with Gasteiger partial charge >= 0.3 is 0 Å². The number of likely N-dealkylation sites (N-methyl/N-ethyl adjacent to an activating group) is 2. The van der Waals surface area contributed by atoms with E-state index in [1.807, 2.05) is 176 Å². The van der Waals surface area contributed by atoms with Gasteiger partial charge in [0.1, 0.15) is 12.1 Å². The van der Waals surface area contributed by atoms with E-state index < -0.39 is 0 Å². The smallest absolute Gasteiger partial charge is 0.228 e. The molecule has 1 aliphatic carbocycles. The second-order valence-electron chi connectivity index (χ2n) is 46.3. The molecule has 4 N–H and O–H groups in total. The molecule has 0 spiro atoms. The third kappa shape index (κ3) is 61.3. The lowest BCUT2D eigenvalue weighted by molar-refractivity contribution is -0.146. The van der Waals surface area contributed by atoms with Gasteiger partial charge in [0.25, 0.3) is 0 Å². The van der Waals surface area contributed by atoms with Gasteiger partial charge in [-0.25, -0.2) is 15.0 Å². The van der Waals surface area contributed by atoms with E-state index in [1.54, 1.807) is 70.1 Å². The van der Waals surface area contributed by atoms with Crippen LogP contribution in [0.15, 0.2) is 40.8 Å². The largest absolute Gasteiger partial charge is 0.448 e. The van der Waals surface area contributed by atoms with Crippen molar-refractivity contribution in [2.45, 2.75) is 372 Å². The number of imidazole rings is 1. The van der Waals surface area contributed by atoms with E-state index >= 15 is 0 Å². The van der Waals surface area contributed by atoms with Crippen molar-refractivity contribution in [2.75, 3.05) is 141 Å². The molecule has 770 valence electrons. The summed E-state index contributed by atoms with van der Waals surface area (Å²) >= 11 is 1.72. The zero-order valence-electron chi connectivity index (χ0n) is 86.5. The van der Waals surface area contributed by atoms with Gasteiger partial charge in [-0.2, -0.15) is 0 Å². The molecule has 0 atom stereocenters. The standard InChI is InChI=1S/2C10H20N2O.C10H19NO.C9H17NO2.C9H17NO.C9H19NO.C7H12N2.C7H11NO.C7H15NO.C7H11NS.C6H13NO.C5H12.8CH4/c2*1-10(2,3)9(13)12-7-5-11(4)6-8-12;1-9(2,3)10(6-5-7-10)8(12)11-4;1-9(2,3)8(11)10-4-6-12-7-5-10;1-7-5-10(6-7)8(11)9(2,3)4;1-8(2,3)9(4,5)7(11)10-6;2*1-7(2,3)6-8-4-5-9-6;1-7(2,3)6(9)8(4)5;1-7(2,3)6-8-4-5-9-6;1-6(2,3)5(8)7-4;1-5(2,3)4;;;;;;;;/h2*5-8H2,1-4H3;5-7H2,1-4H3,(H,11,12);4-7H2,1-3H3;7H,5-6H2,1-4H3;1-6H3,(H,10,11);4-5H,1-3H3,(H,8,9);4-5H,1-3H3;1-5H3;4-5H,1-3H3;1-4H3,(H,7,8);1-4H3;8*1H4. The van der Waals surface area contributed by atoms with Crippen molar-refractivity contribution in [3.63, 3.8) is 0 Å². The number of aromatic amines is 1. The van der Waals surface area contributed by atoms with Crippen molar-refractivity contribution < 1.29 is 47.5 Å². The number of aromatic nitrogens is 4. The second-order valence-corrected chi connectivity index (χ2v) is 47.2. The van der Waals surface area contributed by atoms with Crippen LogP contribution < -0.4 is 16.0 Å². The Bertz CT molecular complexity index is 3230. The highest BCUT2D eigenvalue weighted by Gasteiger charge is 2.52. The molecule has 5 fully saturated rings. The summed E-state index contributed by atoms with van der Waals surface area (Å²) in [7, 11) is 12.8. The van der Waals surface area contributed by atoms with E-state index in [9.17, 15) is 38.4 Å². The molecule has 129 heavy (non-hydrogen) atoms. The fourth-order valence-electron chi connectivity index (χ4n) is 11.2. The van der Waals surface area contributed by atoms with Crippen LogP contribution in [0.1, 0.15) is 372 Å². The number of hydrogen-bond donors (Lipinski definition) is 4. The molecular formula is C104H218N14O10S. The van der Waals surface area contributed by atoms with E-state index in [0.717, 1.165) is 103 Å². The molecule has 3 aromatic rings. The minimum atomic E-state index is -0.304.